The Morgan fingerprint density at radius 3 is 2.53 bits per heavy atom. The number of carbonyl (C=O) groups excluding carboxylic acids is 1. The molecule has 0 bridgehead atoms. The van der Waals surface area contributed by atoms with Crippen molar-refractivity contribution in [2.75, 3.05) is 37.7 Å². The molecule has 0 saturated carbocycles. The zero-order chi connectivity index (χ0) is 23.1. The summed E-state index contributed by atoms with van der Waals surface area (Å²) in [4.78, 5) is 16.3. The van der Waals surface area contributed by atoms with Crippen LogP contribution in [0.3, 0.4) is 0 Å². The third kappa shape index (κ3) is 3.91. The van der Waals surface area contributed by atoms with Gasteiger partial charge in [-0.1, -0.05) is 0 Å². The molecule has 0 radical (unpaired) electrons. The molecule has 5 nitrogen and oxygen atoms in total. The zero-order valence-corrected chi connectivity index (χ0v) is 17.1. The quantitative estimate of drug-likeness (QED) is 0.729. The molecule has 1 amide bonds. The van der Waals surface area contributed by atoms with E-state index in [4.69, 9.17) is 5.26 Å². The van der Waals surface area contributed by atoms with Crippen LogP contribution in [-0.2, 0) is 6.18 Å². The third-order valence-corrected chi connectivity index (χ3v) is 6.55. The first-order valence-corrected chi connectivity index (χ1v) is 10.2. The number of halogens is 4. The molecule has 32 heavy (non-hydrogen) atoms. The molecule has 2 aromatic carbocycles. The summed E-state index contributed by atoms with van der Waals surface area (Å²) in [5, 5.41) is 19.3. The fourth-order valence-electron chi connectivity index (χ4n) is 4.82. The Kier molecular flexibility index (Phi) is 5.59. The van der Waals surface area contributed by atoms with Gasteiger partial charge in [0.1, 0.15) is 5.82 Å². The highest BCUT2D eigenvalue weighted by molar-refractivity contribution is 5.94. The predicted molar refractivity (Wildman–Crippen MR) is 108 cm³/mol. The number of nitrogens with zero attached hydrogens (tertiary/aromatic N) is 3. The van der Waals surface area contributed by atoms with Crippen molar-refractivity contribution < 1.29 is 27.5 Å². The lowest BCUT2D eigenvalue weighted by atomic mass is 9.74. The van der Waals surface area contributed by atoms with Crippen molar-refractivity contribution >= 4 is 11.6 Å². The van der Waals surface area contributed by atoms with Crippen LogP contribution in [0.25, 0.3) is 0 Å². The van der Waals surface area contributed by atoms with Gasteiger partial charge in [-0.2, -0.15) is 18.4 Å². The van der Waals surface area contributed by atoms with E-state index >= 15 is 0 Å². The maximum Gasteiger partial charge on any atom is 0.417 e. The summed E-state index contributed by atoms with van der Waals surface area (Å²) in [5.41, 5.74) is -1.44. The highest BCUT2D eigenvalue weighted by atomic mass is 19.4. The van der Waals surface area contributed by atoms with Gasteiger partial charge >= 0.3 is 6.18 Å². The van der Waals surface area contributed by atoms with E-state index in [2.05, 4.69) is 0 Å². The smallest absolute Gasteiger partial charge is 0.396 e. The summed E-state index contributed by atoms with van der Waals surface area (Å²) >= 11 is 0. The van der Waals surface area contributed by atoms with Gasteiger partial charge in [-0.05, 0) is 54.8 Å². The number of aliphatic hydroxyl groups excluding tert-OH is 1. The molecule has 2 fully saturated rings. The summed E-state index contributed by atoms with van der Waals surface area (Å²) in [6.07, 6.45) is -4.06. The number of likely N-dealkylation sites (tertiary alicyclic amines) is 1. The van der Waals surface area contributed by atoms with Crippen LogP contribution in [0.15, 0.2) is 42.5 Å². The lowest BCUT2D eigenvalue weighted by molar-refractivity contribution is -0.137. The monoisotopic (exact) mass is 447 g/mol. The average Bonchev–Trinajstić information content (AvgIpc) is 3.17. The second-order valence-electron chi connectivity index (χ2n) is 8.46. The molecule has 0 unspecified atom stereocenters. The molecule has 4 rings (SSSR count). The molecule has 2 aliphatic heterocycles. The number of benzene rings is 2. The van der Waals surface area contributed by atoms with Crippen molar-refractivity contribution in [3.8, 4) is 6.07 Å². The number of hydrogen-bond donors (Lipinski definition) is 1. The first kappa shape index (κ1) is 22.1. The average molecular weight is 447 g/mol. The van der Waals surface area contributed by atoms with E-state index in [0.717, 1.165) is 12.1 Å². The van der Waals surface area contributed by atoms with Gasteiger partial charge in [0.2, 0.25) is 0 Å². The number of nitriles is 1. The van der Waals surface area contributed by atoms with E-state index in [1.54, 1.807) is 15.9 Å². The summed E-state index contributed by atoms with van der Waals surface area (Å²) in [6.45, 7) is 1.21. The molecule has 2 heterocycles. The molecule has 2 atom stereocenters. The minimum atomic E-state index is -4.65. The number of piperidine rings is 1. The Balaban J connectivity index is 1.57. The summed E-state index contributed by atoms with van der Waals surface area (Å²) in [6, 6.07) is 10.4. The van der Waals surface area contributed by atoms with Crippen molar-refractivity contribution in [3.63, 3.8) is 0 Å². The van der Waals surface area contributed by atoms with E-state index < -0.39 is 28.5 Å². The molecule has 2 aromatic rings. The van der Waals surface area contributed by atoms with Crippen molar-refractivity contribution in [1.82, 2.24) is 4.90 Å². The first-order valence-electron chi connectivity index (χ1n) is 10.2. The minimum Gasteiger partial charge on any atom is -0.396 e. The van der Waals surface area contributed by atoms with Gasteiger partial charge in [0, 0.05) is 42.8 Å². The van der Waals surface area contributed by atoms with Gasteiger partial charge in [-0.3, -0.25) is 4.79 Å². The molecular formula is C23H21F4N3O2. The van der Waals surface area contributed by atoms with Gasteiger partial charge in [0.25, 0.3) is 5.91 Å². The zero-order valence-electron chi connectivity index (χ0n) is 17.1. The molecule has 0 spiro atoms. The Hall–Kier alpha value is -3.12. The van der Waals surface area contributed by atoms with Gasteiger partial charge < -0.3 is 14.9 Å². The van der Waals surface area contributed by atoms with Gasteiger partial charge in [0.15, 0.2) is 0 Å². The van der Waals surface area contributed by atoms with Crippen LogP contribution >= 0.6 is 0 Å². The normalized spacial score (nSPS) is 23.1. The number of anilines is 1. The Morgan fingerprint density at radius 1 is 1.19 bits per heavy atom. The maximum absolute atomic E-state index is 13.4. The van der Waals surface area contributed by atoms with Crippen LogP contribution in [-0.4, -0.2) is 48.7 Å². The van der Waals surface area contributed by atoms with E-state index in [9.17, 15) is 27.5 Å². The van der Waals surface area contributed by atoms with Crippen molar-refractivity contribution in [3.05, 3.63) is 65.0 Å². The van der Waals surface area contributed by atoms with E-state index in [1.807, 2.05) is 0 Å². The SMILES string of the molecule is N#Cc1ccc(N2CC[C@@H]3CN(C(=O)c4ccc(F)cc4)C[C@]3(CO)C2)cc1C(F)(F)F. The number of carbonyl (C=O) groups is 1. The number of amides is 1. The molecule has 1 N–H and O–H groups in total. The summed E-state index contributed by atoms with van der Waals surface area (Å²) in [5.74, 6) is -0.718. The maximum atomic E-state index is 13.4. The second-order valence-corrected chi connectivity index (χ2v) is 8.46. The molecule has 2 saturated heterocycles. The van der Waals surface area contributed by atoms with Crippen LogP contribution in [0, 0.1) is 28.5 Å². The summed E-state index contributed by atoms with van der Waals surface area (Å²) in [7, 11) is 0. The van der Waals surface area contributed by atoms with E-state index in [1.165, 1.54) is 30.3 Å². The van der Waals surface area contributed by atoms with Crippen LogP contribution < -0.4 is 4.90 Å². The molecule has 0 aliphatic carbocycles. The Morgan fingerprint density at radius 2 is 1.91 bits per heavy atom. The van der Waals surface area contributed by atoms with Crippen molar-refractivity contribution in [2.45, 2.75) is 12.6 Å². The molecule has 9 heteroatoms. The molecule has 168 valence electrons. The van der Waals surface area contributed by atoms with Crippen LogP contribution in [0.5, 0.6) is 0 Å². The van der Waals surface area contributed by atoms with E-state index in [-0.39, 0.29) is 31.5 Å². The van der Waals surface area contributed by atoms with E-state index in [0.29, 0.717) is 30.8 Å². The van der Waals surface area contributed by atoms with Crippen molar-refractivity contribution in [1.29, 1.82) is 5.26 Å². The number of rotatable bonds is 3. The fraction of sp³-hybridized carbons (Fsp3) is 0.391. The van der Waals surface area contributed by atoms with Crippen LogP contribution in [0.2, 0.25) is 0 Å². The standard InChI is InChI=1S/C23H21F4N3O2/c24-18-4-1-15(2-5-18)21(32)30-11-17-7-8-29(12-22(17,13-30)14-31)19-6-3-16(10-28)20(9-19)23(25,26)27/h1-6,9,17,31H,7-8,11-14H2/t17-,22+/m1/s1. The first-order chi connectivity index (χ1) is 15.2. The van der Waals surface area contributed by atoms with Gasteiger partial charge in [-0.25, -0.2) is 4.39 Å². The molecule has 0 aromatic heterocycles. The number of aliphatic hydroxyl groups is 1. The Bertz CT molecular complexity index is 1060. The predicted octanol–water partition coefficient (Wildman–Crippen LogP) is 3.68. The largest absolute Gasteiger partial charge is 0.417 e. The lowest BCUT2D eigenvalue weighted by Gasteiger charge is -2.44. The number of hydrogen-bond acceptors (Lipinski definition) is 4. The lowest BCUT2D eigenvalue weighted by Crippen LogP contribution is -2.51. The highest BCUT2D eigenvalue weighted by Gasteiger charge is 2.51. The highest BCUT2D eigenvalue weighted by Crippen LogP contribution is 2.44. The number of fused-ring (bicyclic) bond motifs is 1. The minimum absolute atomic E-state index is 0.00591. The van der Waals surface area contributed by atoms with Gasteiger partial charge in [-0.15, -0.1) is 0 Å². The molecule has 2 aliphatic rings. The van der Waals surface area contributed by atoms with Crippen LogP contribution in [0.4, 0.5) is 23.2 Å². The van der Waals surface area contributed by atoms with Crippen LogP contribution in [0.1, 0.15) is 27.9 Å². The van der Waals surface area contributed by atoms with Crippen molar-refractivity contribution in [2.24, 2.45) is 11.3 Å². The van der Waals surface area contributed by atoms with Gasteiger partial charge in [0.05, 0.1) is 23.8 Å². The summed E-state index contributed by atoms with van der Waals surface area (Å²) < 4.78 is 53.4. The number of alkyl halides is 3. The topological polar surface area (TPSA) is 67.6 Å². The third-order valence-electron chi connectivity index (χ3n) is 6.55. The fourth-order valence-corrected chi connectivity index (χ4v) is 4.82. The Labute approximate surface area is 182 Å². The molecular weight excluding hydrogens is 426 g/mol. The second kappa shape index (κ2) is 8.10.